The van der Waals surface area contributed by atoms with E-state index in [1.54, 1.807) is 18.2 Å². The van der Waals surface area contributed by atoms with Crippen molar-refractivity contribution in [3.05, 3.63) is 60.4 Å². The molecule has 1 heterocycles. The number of carbonyl (C=O) groups is 1. The van der Waals surface area contributed by atoms with E-state index in [-0.39, 0.29) is 17.2 Å². The molecule has 2 aromatic carbocycles. The molecule has 0 unspecified atom stereocenters. The van der Waals surface area contributed by atoms with Gasteiger partial charge in [0.05, 0.1) is 16.6 Å². The third-order valence-electron chi connectivity index (χ3n) is 2.82. The zero-order valence-corrected chi connectivity index (χ0v) is 9.95. The number of rotatable bonds is 2. The van der Waals surface area contributed by atoms with Gasteiger partial charge in [-0.25, -0.2) is 9.66 Å². The summed E-state index contributed by atoms with van der Waals surface area (Å²) in [5.74, 6) is -0.439. The SMILES string of the molecule is O=C(Nn1cnc2ccccc21)c1ccccc1O. The summed E-state index contributed by atoms with van der Waals surface area (Å²) in [6, 6.07) is 13.9. The predicted molar refractivity (Wildman–Crippen MR) is 71.5 cm³/mol. The van der Waals surface area contributed by atoms with Gasteiger partial charge >= 0.3 is 0 Å². The van der Waals surface area contributed by atoms with Gasteiger partial charge in [-0.1, -0.05) is 24.3 Å². The van der Waals surface area contributed by atoms with Crippen LogP contribution in [0.4, 0.5) is 0 Å². The first-order valence-electron chi connectivity index (χ1n) is 5.77. The van der Waals surface area contributed by atoms with Crippen molar-refractivity contribution < 1.29 is 9.90 Å². The van der Waals surface area contributed by atoms with Gasteiger partial charge in [0.15, 0.2) is 0 Å². The van der Waals surface area contributed by atoms with Crippen LogP contribution in [-0.2, 0) is 0 Å². The molecule has 0 fully saturated rings. The lowest BCUT2D eigenvalue weighted by Gasteiger charge is -2.08. The number of phenols is 1. The molecule has 19 heavy (non-hydrogen) atoms. The van der Waals surface area contributed by atoms with E-state index in [0.717, 1.165) is 11.0 Å². The fourth-order valence-corrected chi connectivity index (χ4v) is 1.88. The number of phenolic OH excluding ortho intramolecular Hbond substituents is 1. The molecule has 1 amide bonds. The molecule has 94 valence electrons. The van der Waals surface area contributed by atoms with Crippen LogP contribution in [0.2, 0.25) is 0 Å². The highest BCUT2D eigenvalue weighted by Gasteiger charge is 2.11. The maximum absolute atomic E-state index is 12.1. The molecule has 0 spiro atoms. The van der Waals surface area contributed by atoms with Gasteiger partial charge in [0.1, 0.15) is 12.1 Å². The van der Waals surface area contributed by atoms with Crippen LogP contribution in [0.15, 0.2) is 54.9 Å². The molecular weight excluding hydrogens is 242 g/mol. The van der Waals surface area contributed by atoms with Crippen molar-refractivity contribution in [2.24, 2.45) is 0 Å². The topological polar surface area (TPSA) is 67.2 Å². The summed E-state index contributed by atoms with van der Waals surface area (Å²) in [4.78, 5) is 16.2. The molecule has 5 heteroatoms. The second-order valence-corrected chi connectivity index (χ2v) is 4.06. The Kier molecular flexibility index (Phi) is 2.64. The predicted octanol–water partition coefficient (Wildman–Crippen LogP) is 2.13. The first kappa shape index (κ1) is 11.3. The fraction of sp³-hybridized carbons (Fsp3) is 0. The van der Waals surface area contributed by atoms with Crippen molar-refractivity contribution >= 4 is 16.9 Å². The Morgan fingerprint density at radius 3 is 2.68 bits per heavy atom. The summed E-state index contributed by atoms with van der Waals surface area (Å²) < 4.78 is 1.53. The van der Waals surface area contributed by atoms with Gasteiger partial charge in [-0.2, -0.15) is 0 Å². The molecule has 0 aliphatic carbocycles. The molecule has 3 aromatic rings. The molecule has 1 aromatic heterocycles. The minimum atomic E-state index is -0.388. The number of para-hydroxylation sites is 3. The largest absolute Gasteiger partial charge is 0.507 e. The van der Waals surface area contributed by atoms with E-state index in [1.165, 1.54) is 17.1 Å². The van der Waals surface area contributed by atoms with E-state index in [1.807, 2.05) is 24.3 Å². The van der Waals surface area contributed by atoms with E-state index < -0.39 is 0 Å². The van der Waals surface area contributed by atoms with Crippen LogP contribution >= 0.6 is 0 Å². The number of benzene rings is 2. The van der Waals surface area contributed by atoms with Gasteiger partial charge in [-0.15, -0.1) is 0 Å². The van der Waals surface area contributed by atoms with Crippen molar-refractivity contribution in [3.63, 3.8) is 0 Å². The first-order valence-corrected chi connectivity index (χ1v) is 5.77. The van der Waals surface area contributed by atoms with Crippen molar-refractivity contribution in [3.8, 4) is 5.75 Å². The zero-order chi connectivity index (χ0) is 13.2. The van der Waals surface area contributed by atoms with Crippen LogP contribution < -0.4 is 5.43 Å². The van der Waals surface area contributed by atoms with Crippen molar-refractivity contribution in [2.45, 2.75) is 0 Å². The van der Waals surface area contributed by atoms with Crippen LogP contribution in [0, 0.1) is 0 Å². The van der Waals surface area contributed by atoms with Gasteiger partial charge < -0.3 is 5.11 Å². The minimum Gasteiger partial charge on any atom is -0.507 e. The summed E-state index contributed by atoms with van der Waals surface area (Å²) in [6.07, 6.45) is 1.53. The standard InChI is InChI=1S/C14H11N3O2/c18-13-8-4-1-5-10(13)14(19)16-17-9-15-11-6-2-3-7-12(11)17/h1-9,18H,(H,16,19). The third-order valence-corrected chi connectivity index (χ3v) is 2.82. The lowest BCUT2D eigenvalue weighted by Crippen LogP contribution is -2.22. The number of carbonyl (C=O) groups excluding carboxylic acids is 1. The molecule has 3 rings (SSSR count). The maximum Gasteiger partial charge on any atom is 0.273 e. The highest BCUT2D eigenvalue weighted by molar-refractivity contribution is 6.02. The molecule has 2 N–H and O–H groups in total. The van der Waals surface area contributed by atoms with Crippen LogP contribution in [0.5, 0.6) is 5.75 Å². The number of hydrogen-bond donors (Lipinski definition) is 2. The highest BCUT2D eigenvalue weighted by Crippen LogP contribution is 2.16. The molecule has 0 saturated carbocycles. The van der Waals surface area contributed by atoms with Gasteiger partial charge in [0.2, 0.25) is 0 Å². The van der Waals surface area contributed by atoms with Crippen molar-refractivity contribution in [2.75, 3.05) is 5.43 Å². The Hall–Kier alpha value is -2.82. The Bertz CT molecular complexity index is 749. The van der Waals surface area contributed by atoms with E-state index in [2.05, 4.69) is 10.4 Å². The highest BCUT2D eigenvalue weighted by atomic mass is 16.3. The van der Waals surface area contributed by atoms with Crippen LogP contribution in [0.3, 0.4) is 0 Å². The van der Waals surface area contributed by atoms with Crippen LogP contribution in [-0.4, -0.2) is 20.7 Å². The Labute approximate surface area is 109 Å². The Morgan fingerprint density at radius 2 is 1.84 bits per heavy atom. The molecule has 0 atom stereocenters. The van der Waals surface area contributed by atoms with E-state index >= 15 is 0 Å². The number of aromatic hydroxyl groups is 1. The normalized spacial score (nSPS) is 10.5. The monoisotopic (exact) mass is 253 g/mol. The Balaban J connectivity index is 1.94. The van der Waals surface area contributed by atoms with Crippen molar-refractivity contribution in [1.29, 1.82) is 0 Å². The fourth-order valence-electron chi connectivity index (χ4n) is 1.88. The summed E-state index contributed by atoms with van der Waals surface area (Å²) in [5.41, 5.74) is 4.49. The Morgan fingerprint density at radius 1 is 1.11 bits per heavy atom. The molecule has 0 saturated heterocycles. The van der Waals surface area contributed by atoms with Gasteiger partial charge in [0.25, 0.3) is 5.91 Å². The molecule has 0 bridgehead atoms. The first-order chi connectivity index (χ1) is 9.25. The van der Waals surface area contributed by atoms with E-state index in [4.69, 9.17) is 0 Å². The quantitative estimate of drug-likeness (QED) is 0.735. The molecule has 5 nitrogen and oxygen atoms in total. The number of hydrogen-bond acceptors (Lipinski definition) is 3. The number of imidazole rings is 1. The lowest BCUT2D eigenvalue weighted by atomic mass is 10.2. The summed E-state index contributed by atoms with van der Waals surface area (Å²) in [6.45, 7) is 0. The second kappa shape index (κ2) is 4.45. The number of aromatic nitrogens is 2. The average molecular weight is 253 g/mol. The van der Waals surface area contributed by atoms with E-state index in [9.17, 15) is 9.90 Å². The van der Waals surface area contributed by atoms with Crippen LogP contribution in [0.1, 0.15) is 10.4 Å². The minimum absolute atomic E-state index is 0.0515. The number of amides is 1. The third kappa shape index (κ3) is 2.01. The molecular formula is C14H11N3O2. The van der Waals surface area contributed by atoms with Gasteiger partial charge in [-0.05, 0) is 24.3 Å². The van der Waals surface area contributed by atoms with Crippen LogP contribution in [0.25, 0.3) is 11.0 Å². The smallest absolute Gasteiger partial charge is 0.273 e. The number of nitrogens with zero attached hydrogens (tertiary/aromatic N) is 2. The lowest BCUT2D eigenvalue weighted by molar-refractivity contribution is 0.101. The van der Waals surface area contributed by atoms with E-state index in [0.29, 0.717) is 0 Å². The molecule has 0 radical (unpaired) electrons. The van der Waals surface area contributed by atoms with Gasteiger partial charge in [0, 0.05) is 0 Å². The average Bonchev–Trinajstić information content (AvgIpc) is 2.83. The van der Waals surface area contributed by atoms with Gasteiger partial charge in [-0.3, -0.25) is 10.2 Å². The second-order valence-electron chi connectivity index (χ2n) is 4.06. The molecule has 0 aliphatic heterocycles. The molecule has 0 aliphatic rings. The summed E-state index contributed by atoms with van der Waals surface area (Å²) in [7, 11) is 0. The zero-order valence-electron chi connectivity index (χ0n) is 9.95. The maximum atomic E-state index is 12.1. The van der Waals surface area contributed by atoms with Crippen molar-refractivity contribution in [1.82, 2.24) is 9.66 Å². The number of fused-ring (bicyclic) bond motifs is 1. The summed E-state index contributed by atoms with van der Waals surface area (Å²) in [5, 5.41) is 9.64. The summed E-state index contributed by atoms with van der Waals surface area (Å²) >= 11 is 0. The number of nitrogens with one attached hydrogen (secondary N) is 1.